The Labute approximate surface area is 185 Å². The van der Waals surface area contributed by atoms with Crippen LogP contribution in [0.4, 0.5) is 5.95 Å². The van der Waals surface area contributed by atoms with Crippen molar-refractivity contribution in [1.29, 1.82) is 0 Å². The Morgan fingerprint density at radius 1 is 1.28 bits per heavy atom. The second-order valence-corrected chi connectivity index (χ2v) is 8.24. The van der Waals surface area contributed by atoms with Gasteiger partial charge in [-0.1, -0.05) is 12.0 Å². The molecule has 0 amide bonds. The summed E-state index contributed by atoms with van der Waals surface area (Å²) in [5.41, 5.74) is 9.78. The van der Waals surface area contributed by atoms with Crippen molar-refractivity contribution in [2.24, 2.45) is 5.73 Å². The van der Waals surface area contributed by atoms with E-state index in [-0.39, 0.29) is 18.1 Å². The highest BCUT2D eigenvalue weighted by molar-refractivity contribution is 5.77. The number of nitrogens with two attached hydrogens (primary N) is 1. The molecule has 5 rings (SSSR count). The minimum absolute atomic E-state index is 0.0996. The highest BCUT2D eigenvalue weighted by Gasteiger charge is 2.24. The smallest absolute Gasteiger partial charge is 0.293 e. The molecular weight excluding hydrogens is 404 g/mol. The van der Waals surface area contributed by atoms with Crippen LogP contribution in [0.15, 0.2) is 35.4 Å². The van der Waals surface area contributed by atoms with Gasteiger partial charge in [0.15, 0.2) is 0 Å². The van der Waals surface area contributed by atoms with Crippen LogP contribution in [0.2, 0.25) is 0 Å². The van der Waals surface area contributed by atoms with Crippen molar-refractivity contribution in [3.63, 3.8) is 0 Å². The maximum absolute atomic E-state index is 13.5. The quantitative estimate of drug-likeness (QED) is 0.493. The van der Waals surface area contributed by atoms with Gasteiger partial charge < -0.3 is 15.0 Å². The molecule has 0 aromatic carbocycles. The monoisotopic (exact) mass is 430 g/mol. The second kappa shape index (κ2) is 8.13. The predicted molar refractivity (Wildman–Crippen MR) is 124 cm³/mol. The van der Waals surface area contributed by atoms with Gasteiger partial charge in [-0.2, -0.15) is 5.10 Å². The van der Waals surface area contributed by atoms with Crippen LogP contribution < -0.4 is 16.2 Å². The molecule has 32 heavy (non-hydrogen) atoms. The number of anilines is 1. The molecule has 1 aliphatic rings. The number of aromatic nitrogens is 6. The van der Waals surface area contributed by atoms with Crippen LogP contribution in [0.3, 0.4) is 0 Å². The van der Waals surface area contributed by atoms with Crippen LogP contribution in [0.25, 0.3) is 16.7 Å². The van der Waals surface area contributed by atoms with E-state index >= 15 is 0 Å². The lowest BCUT2D eigenvalue weighted by Gasteiger charge is -2.31. The second-order valence-electron chi connectivity index (χ2n) is 8.24. The van der Waals surface area contributed by atoms with Gasteiger partial charge >= 0.3 is 0 Å². The number of rotatable bonds is 4. The normalized spacial score (nSPS) is 16.5. The van der Waals surface area contributed by atoms with Gasteiger partial charge in [0.2, 0.25) is 5.95 Å². The number of hydrogen-bond donors (Lipinski definition) is 1. The lowest BCUT2D eigenvalue weighted by Crippen LogP contribution is -2.44. The van der Waals surface area contributed by atoms with Gasteiger partial charge in [0, 0.05) is 31.0 Å². The molecule has 9 nitrogen and oxygen atoms in total. The van der Waals surface area contributed by atoms with Gasteiger partial charge in [0.1, 0.15) is 16.7 Å². The summed E-state index contributed by atoms with van der Waals surface area (Å²) in [4.78, 5) is 25.0. The summed E-state index contributed by atoms with van der Waals surface area (Å²) in [5.74, 6) is 6.74. The van der Waals surface area contributed by atoms with E-state index in [2.05, 4.69) is 26.8 Å². The topological polar surface area (TPSA) is 99.3 Å². The van der Waals surface area contributed by atoms with E-state index in [4.69, 9.17) is 10.7 Å². The highest BCUT2D eigenvalue weighted by Crippen LogP contribution is 2.23. The van der Waals surface area contributed by atoms with E-state index < -0.39 is 0 Å². The molecular formula is C23H26N8O. The summed E-state index contributed by atoms with van der Waals surface area (Å²) in [6.07, 6.45) is 5.60. The van der Waals surface area contributed by atoms with Crippen LogP contribution in [0.5, 0.6) is 0 Å². The fourth-order valence-electron chi connectivity index (χ4n) is 4.36. The molecule has 0 saturated carbocycles. The average Bonchev–Trinajstić information content (AvgIpc) is 3.36. The van der Waals surface area contributed by atoms with Crippen LogP contribution in [0.1, 0.15) is 31.2 Å². The first-order valence-electron chi connectivity index (χ1n) is 10.8. The molecule has 9 heteroatoms. The lowest BCUT2D eigenvalue weighted by molar-refractivity contribution is 0.496. The van der Waals surface area contributed by atoms with Gasteiger partial charge in [-0.05, 0) is 38.8 Å². The first kappa shape index (κ1) is 20.3. The summed E-state index contributed by atoms with van der Waals surface area (Å²) in [6, 6.07) is 6.04. The molecule has 1 aliphatic heterocycles. The molecule has 1 unspecified atom stereocenters. The number of hydrogen-bond acceptors (Lipinski definition) is 6. The van der Waals surface area contributed by atoms with E-state index in [1.807, 2.05) is 40.3 Å². The number of fused-ring (bicyclic) bond motifs is 2. The largest absolute Gasteiger partial charge is 0.341 e. The van der Waals surface area contributed by atoms with Crippen molar-refractivity contribution in [2.45, 2.75) is 45.8 Å². The van der Waals surface area contributed by atoms with Gasteiger partial charge in [0.05, 0.1) is 25.0 Å². The van der Waals surface area contributed by atoms with Gasteiger partial charge in [-0.25, -0.2) is 14.6 Å². The number of piperidine rings is 1. The summed E-state index contributed by atoms with van der Waals surface area (Å²) in [6.45, 7) is 6.06. The van der Waals surface area contributed by atoms with Crippen molar-refractivity contribution in [2.75, 3.05) is 18.0 Å². The summed E-state index contributed by atoms with van der Waals surface area (Å²) in [5, 5.41) is 4.39. The fourth-order valence-corrected chi connectivity index (χ4v) is 4.36. The zero-order valence-corrected chi connectivity index (χ0v) is 18.3. The van der Waals surface area contributed by atoms with Gasteiger partial charge in [-0.15, -0.1) is 5.92 Å². The molecule has 164 valence electrons. The molecule has 0 spiro atoms. The average molecular weight is 431 g/mol. The van der Waals surface area contributed by atoms with Crippen LogP contribution in [-0.2, 0) is 13.1 Å². The number of nitrogens with zero attached hydrogens (tertiary/aromatic N) is 7. The molecule has 4 aromatic rings. The molecule has 4 aromatic heterocycles. The third-order valence-corrected chi connectivity index (χ3v) is 5.94. The predicted octanol–water partition coefficient (Wildman–Crippen LogP) is 1.55. The van der Waals surface area contributed by atoms with E-state index in [1.54, 1.807) is 13.1 Å². The summed E-state index contributed by atoms with van der Waals surface area (Å²) < 4.78 is 5.36. The molecule has 0 bridgehead atoms. The Morgan fingerprint density at radius 3 is 2.94 bits per heavy atom. The SMILES string of the molecule is CC#CCn1c(N2CCCC(N)C2)nc2cnn(Cc3cn4c(C)cccc4n3)c(=O)c21. The maximum Gasteiger partial charge on any atom is 0.293 e. The first-order valence-corrected chi connectivity index (χ1v) is 10.8. The molecule has 1 fully saturated rings. The first-order chi connectivity index (χ1) is 15.5. The van der Waals surface area contributed by atoms with Crippen molar-refractivity contribution >= 4 is 22.6 Å². The van der Waals surface area contributed by atoms with Crippen LogP contribution >= 0.6 is 0 Å². The molecule has 1 atom stereocenters. The number of imidazole rings is 2. The van der Waals surface area contributed by atoms with Crippen molar-refractivity contribution in [3.05, 3.63) is 52.3 Å². The number of aryl methyl sites for hydroxylation is 1. The fraction of sp³-hybridized carbons (Fsp3) is 0.391. The Bertz CT molecular complexity index is 1420. The van der Waals surface area contributed by atoms with Crippen LogP contribution in [0, 0.1) is 18.8 Å². The summed E-state index contributed by atoms with van der Waals surface area (Å²) in [7, 11) is 0. The molecule has 5 heterocycles. The van der Waals surface area contributed by atoms with Crippen molar-refractivity contribution in [1.82, 2.24) is 28.7 Å². The summed E-state index contributed by atoms with van der Waals surface area (Å²) >= 11 is 0. The minimum atomic E-state index is -0.200. The number of pyridine rings is 1. The third-order valence-electron chi connectivity index (χ3n) is 5.94. The Kier molecular flexibility index (Phi) is 5.15. The zero-order chi connectivity index (χ0) is 22.2. The third kappa shape index (κ3) is 3.52. The van der Waals surface area contributed by atoms with Gasteiger partial charge in [-0.3, -0.25) is 9.36 Å². The highest BCUT2D eigenvalue weighted by atomic mass is 16.1. The maximum atomic E-state index is 13.5. The van der Waals surface area contributed by atoms with E-state index in [0.717, 1.165) is 42.4 Å². The van der Waals surface area contributed by atoms with Crippen molar-refractivity contribution in [3.8, 4) is 11.8 Å². The van der Waals surface area contributed by atoms with E-state index in [9.17, 15) is 4.79 Å². The zero-order valence-electron chi connectivity index (χ0n) is 18.3. The van der Waals surface area contributed by atoms with E-state index in [1.165, 1.54) is 4.68 Å². The molecule has 0 aliphatic carbocycles. The molecule has 2 N–H and O–H groups in total. The van der Waals surface area contributed by atoms with Crippen molar-refractivity contribution < 1.29 is 0 Å². The van der Waals surface area contributed by atoms with E-state index in [0.29, 0.717) is 24.1 Å². The lowest BCUT2D eigenvalue weighted by atomic mass is 10.1. The van der Waals surface area contributed by atoms with Gasteiger partial charge in [0.25, 0.3) is 5.56 Å². The van der Waals surface area contributed by atoms with Crippen LogP contribution in [-0.4, -0.2) is 47.8 Å². The Hall–Kier alpha value is -3.64. The minimum Gasteiger partial charge on any atom is -0.341 e. The Balaban J connectivity index is 1.58. The molecule has 1 saturated heterocycles. The standard InChI is InChI=1S/C23H26N8O/c1-3-4-11-29-21-19(27-23(29)28-10-6-8-17(24)13-28)12-25-31(22(21)32)15-18-14-30-16(2)7-5-9-20(30)26-18/h5,7,9,12,14,17H,6,8,10-11,13,15,24H2,1-2H3. The molecule has 0 radical (unpaired) electrons. The Morgan fingerprint density at radius 2 is 2.16 bits per heavy atom.